The van der Waals surface area contributed by atoms with E-state index in [2.05, 4.69) is 4.99 Å². The van der Waals surface area contributed by atoms with Crippen molar-refractivity contribution in [1.82, 2.24) is 4.57 Å². The first-order valence-electron chi connectivity index (χ1n) is 9.48. The van der Waals surface area contributed by atoms with Gasteiger partial charge in [0.25, 0.3) is 11.2 Å². The average molecular weight is 416 g/mol. The van der Waals surface area contributed by atoms with Gasteiger partial charge in [0.15, 0.2) is 0 Å². The molecular formula is C23H20N4O4. The Balaban J connectivity index is 2.15. The summed E-state index contributed by atoms with van der Waals surface area (Å²) < 4.78 is 1.17. The minimum absolute atomic E-state index is 0.0486. The van der Waals surface area contributed by atoms with Gasteiger partial charge in [-0.25, -0.2) is 0 Å². The van der Waals surface area contributed by atoms with E-state index < -0.39 is 16.5 Å². The summed E-state index contributed by atoms with van der Waals surface area (Å²) >= 11 is 0. The van der Waals surface area contributed by atoms with Gasteiger partial charge in [-0.15, -0.1) is 0 Å². The fourth-order valence-corrected chi connectivity index (χ4v) is 3.37. The molecule has 156 valence electrons. The number of aromatic nitrogens is 1. The molecule has 1 aromatic heterocycles. The summed E-state index contributed by atoms with van der Waals surface area (Å²) in [6.07, 6.45) is 1.37. The van der Waals surface area contributed by atoms with Crippen LogP contribution in [-0.4, -0.2) is 20.8 Å². The van der Waals surface area contributed by atoms with E-state index in [4.69, 9.17) is 0 Å². The van der Waals surface area contributed by atoms with Crippen molar-refractivity contribution < 1.29 is 10.0 Å². The molecule has 1 unspecified atom stereocenters. The number of non-ortho nitro benzene ring substituents is 1. The van der Waals surface area contributed by atoms with Crippen molar-refractivity contribution in [3.8, 4) is 11.9 Å². The lowest BCUT2D eigenvalue weighted by Gasteiger charge is -2.20. The van der Waals surface area contributed by atoms with Crippen molar-refractivity contribution in [2.75, 3.05) is 0 Å². The van der Waals surface area contributed by atoms with Crippen LogP contribution in [0, 0.1) is 35.3 Å². The summed E-state index contributed by atoms with van der Waals surface area (Å²) in [4.78, 5) is 27.7. The van der Waals surface area contributed by atoms with Gasteiger partial charge in [0.1, 0.15) is 11.6 Å². The highest BCUT2D eigenvalue weighted by molar-refractivity contribution is 5.87. The third kappa shape index (κ3) is 4.07. The third-order valence-corrected chi connectivity index (χ3v) is 5.19. The Kier molecular flexibility index (Phi) is 5.97. The highest BCUT2D eigenvalue weighted by Crippen LogP contribution is 2.28. The van der Waals surface area contributed by atoms with Crippen LogP contribution in [0.1, 0.15) is 40.8 Å². The molecule has 3 rings (SSSR count). The number of aryl methyl sites for hydroxylation is 1. The Labute approximate surface area is 178 Å². The molecule has 0 fully saturated rings. The van der Waals surface area contributed by atoms with Crippen LogP contribution in [0.3, 0.4) is 0 Å². The lowest BCUT2D eigenvalue weighted by molar-refractivity contribution is -0.384. The highest BCUT2D eigenvalue weighted by Gasteiger charge is 2.22. The Morgan fingerprint density at radius 1 is 1.23 bits per heavy atom. The topological polar surface area (TPSA) is 122 Å². The number of hydrogen-bond acceptors (Lipinski definition) is 6. The Morgan fingerprint density at radius 2 is 1.90 bits per heavy atom. The van der Waals surface area contributed by atoms with Crippen molar-refractivity contribution in [2.45, 2.75) is 26.8 Å². The van der Waals surface area contributed by atoms with Gasteiger partial charge < -0.3 is 5.11 Å². The fourth-order valence-electron chi connectivity index (χ4n) is 3.37. The van der Waals surface area contributed by atoms with Crippen LogP contribution >= 0.6 is 0 Å². The van der Waals surface area contributed by atoms with Crippen molar-refractivity contribution >= 4 is 17.6 Å². The van der Waals surface area contributed by atoms with Crippen molar-refractivity contribution in [2.24, 2.45) is 4.99 Å². The molecule has 2 aromatic carbocycles. The van der Waals surface area contributed by atoms with Gasteiger partial charge in [0.2, 0.25) is 5.88 Å². The maximum absolute atomic E-state index is 12.9. The van der Waals surface area contributed by atoms with E-state index in [0.717, 1.165) is 5.56 Å². The molecule has 0 aliphatic heterocycles. The second-order valence-electron chi connectivity index (χ2n) is 7.10. The molecule has 0 aliphatic carbocycles. The molecule has 1 N–H and O–H groups in total. The number of hydrogen-bond donors (Lipinski definition) is 1. The Bertz CT molecular complexity index is 1290. The number of nitro benzene ring substituents is 1. The molecule has 0 saturated heterocycles. The number of pyridine rings is 1. The molecule has 0 bridgehead atoms. The number of nitriles is 1. The van der Waals surface area contributed by atoms with Gasteiger partial charge in [-0.05, 0) is 43.5 Å². The number of nitro groups is 1. The molecule has 1 heterocycles. The zero-order valence-corrected chi connectivity index (χ0v) is 17.2. The zero-order chi connectivity index (χ0) is 22.7. The summed E-state index contributed by atoms with van der Waals surface area (Å²) in [6, 6.07) is 14.8. The fraction of sp³-hybridized carbons (Fsp3) is 0.174. The molecule has 8 heteroatoms. The van der Waals surface area contributed by atoms with Crippen LogP contribution in [-0.2, 0) is 0 Å². The molecule has 0 amide bonds. The minimum Gasteiger partial charge on any atom is -0.494 e. The van der Waals surface area contributed by atoms with Gasteiger partial charge in [-0.3, -0.25) is 24.5 Å². The van der Waals surface area contributed by atoms with Crippen LogP contribution in [0.5, 0.6) is 5.88 Å². The highest BCUT2D eigenvalue weighted by atomic mass is 16.6. The molecular weight excluding hydrogens is 396 g/mol. The Hall–Kier alpha value is -4.25. The number of aliphatic imine (C=N–C) groups is 1. The lowest BCUT2D eigenvalue weighted by atomic mass is 10.0. The van der Waals surface area contributed by atoms with Gasteiger partial charge in [-0.2, -0.15) is 5.26 Å². The van der Waals surface area contributed by atoms with Crippen LogP contribution in [0.15, 0.2) is 58.3 Å². The van der Waals surface area contributed by atoms with Gasteiger partial charge in [-0.1, -0.05) is 30.3 Å². The average Bonchev–Trinajstić information content (AvgIpc) is 2.75. The standard InChI is InChI=1S/C23H20N4O4/c1-14-11-18(27(30)31)9-10-21(14)25-13-20-15(2)19(12-24)22(28)26(23(20)29)16(3)17-7-5-4-6-8-17/h4-11,13,16,29H,1-3H3. The van der Waals surface area contributed by atoms with Crippen LogP contribution in [0.25, 0.3) is 0 Å². The number of benzene rings is 2. The zero-order valence-electron chi connectivity index (χ0n) is 17.2. The summed E-state index contributed by atoms with van der Waals surface area (Å²) in [5, 5.41) is 31.4. The van der Waals surface area contributed by atoms with E-state index in [1.54, 1.807) is 20.8 Å². The van der Waals surface area contributed by atoms with Crippen molar-refractivity contribution in [3.63, 3.8) is 0 Å². The Morgan fingerprint density at radius 3 is 2.48 bits per heavy atom. The molecule has 0 saturated carbocycles. The third-order valence-electron chi connectivity index (χ3n) is 5.19. The first-order chi connectivity index (χ1) is 14.8. The van der Waals surface area contributed by atoms with Crippen LogP contribution < -0.4 is 5.56 Å². The van der Waals surface area contributed by atoms with E-state index in [1.165, 1.54) is 29.0 Å². The van der Waals surface area contributed by atoms with Crippen molar-refractivity contribution in [3.05, 3.63) is 96.8 Å². The number of rotatable bonds is 5. The predicted octanol–water partition coefficient (Wildman–Crippen LogP) is 4.31. The second kappa shape index (κ2) is 8.63. The van der Waals surface area contributed by atoms with Gasteiger partial charge in [0, 0.05) is 18.3 Å². The quantitative estimate of drug-likeness (QED) is 0.377. The normalized spacial score (nSPS) is 11.9. The largest absolute Gasteiger partial charge is 0.494 e. The molecule has 1 atom stereocenters. The maximum atomic E-state index is 12.9. The number of aromatic hydroxyl groups is 1. The molecule has 8 nitrogen and oxygen atoms in total. The van der Waals surface area contributed by atoms with E-state index in [9.17, 15) is 25.3 Å². The number of nitrogens with zero attached hydrogens (tertiary/aromatic N) is 4. The first-order valence-corrected chi connectivity index (χ1v) is 9.48. The molecule has 31 heavy (non-hydrogen) atoms. The SMILES string of the molecule is Cc1cc([N+](=O)[O-])ccc1N=Cc1c(C)c(C#N)c(=O)n(C(C)c2ccccc2)c1O. The minimum atomic E-state index is -0.586. The van der Waals surface area contributed by atoms with E-state index >= 15 is 0 Å². The summed E-state index contributed by atoms with van der Waals surface area (Å²) in [7, 11) is 0. The monoisotopic (exact) mass is 416 g/mol. The smallest absolute Gasteiger partial charge is 0.272 e. The lowest BCUT2D eigenvalue weighted by Crippen LogP contribution is -2.28. The van der Waals surface area contributed by atoms with E-state index in [0.29, 0.717) is 16.8 Å². The predicted molar refractivity (Wildman–Crippen MR) is 117 cm³/mol. The molecule has 0 aliphatic rings. The summed E-state index contributed by atoms with van der Waals surface area (Å²) in [5.41, 5.74) is 1.67. The van der Waals surface area contributed by atoms with E-state index in [1.807, 2.05) is 36.4 Å². The second-order valence-corrected chi connectivity index (χ2v) is 7.10. The summed E-state index contributed by atoms with van der Waals surface area (Å²) in [5.74, 6) is -0.304. The van der Waals surface area contributed by atoms with Crippen molar-refractivity contribution in [1.29, 1.82) is 5.26 Å². The molecule has 0 spiro atoms. The maximum Gasteiger partial charge on any atom is 0.272 e. The first kappa shape index (κ1) is 21.5. The molecule has 3 aromatic rings. The van der Waals surface area contributed by atoms with Crippen LogP contribution in [0.4, 0.5) is 11.4 Å². The van der Waals surface area contributed by atoms with Crippen LogP contribution in [0.2, 0.25) is 0 Å². The van der Waals surface area contributed by atoms with E-state index in [-0.39, 0.29) is 22.7 Å². The summed E-state index contributed by atoms with van der Waals surface area (Å²) in [6.45, 7) is 5.01. The molecule has 0 radical (unpaired) electrons. The van der Waals surface area contributed by atoms with Gasteiger partial charge >= 0.3 is 0 Å². The van der Waals surface area contributed by atoms with Gasteiger partial charge in [0.05, 0.1) is 22.2 Å².